The lowest BCUT2D eigenvalue weighted by Crippen LogP contribution is -2.58. The molecule has 2 aliphatic heterocycles. The summed E-state index contributed by atoms with van der Waals surface area (Å²) < 4.78 is 13.1. The van der Waals surface area contributed by atoms with Gasteiger partial charge in [-0.1, -0.05) is 30.3 Å². The number of amides is 2. The van der Waals surface area contributed by atoms with Gasteiger partial charge in [-0.2, -0.15) is 4.99 Å². The molecule has 2 heterocycles. The monoisotopic (exact) mass is 432 g/mol. The third kappa shape index (κ3) is 4.05. The van der Waals surface area contributed by atoms with Crippen LogP contribution in [0.1, 0.15) is 29.8 Å². The van der Waals surface area contributed by atoms with Gasteiger partial charge in [-0.15, -0.1) is 12.4 Å². The summed E-state index contributed by atoms with van der Waals surface area (Å²) >= 11 is 1.19. The van der Waals surface area contributed by atoms with E-state index in [1.165, 1.54) is 36.0 Å². The Morgan fingerprint density at radius 3 is 2.45 bits per heavy atom. The van der Waals surface area contributed by atoms with Crippen LogP contribution in [-0.4, -0.2) is 27.5 Å². The van der Waals surface area contributed by atoms with Crippen molar-refractivity contribution in [3.63, 3.8) is 0 Å². The molecular weight excluding hydrogens is 415 g/mol. The Morgan fingerprint density at radius 1 is 1.14 bits per heavy atom. The summed E-state index contributed by atoms with van der Waals surface area (Å²) in [5.41, 5.74) is 4.18. The molecule has 0 radical (unpaired) electrons. The van der Waals surface area contributed by atoms with E-state index in [-0.39, 0.29) is 24.2 Å². The van der Waals surface area contributed by atoms with Gasteiger partial charge in [0.05, 0.1) is 5.70 Å². The van der Waals surface area contributed by atoms with Gasteiger partial charge in [-0.05, 0) is 49.9 Å². The minimum atomic E-state index is -0.874. The Bertz CT molecular complexity index is 1020. The number of nitrogens with one attached hydrogen (secondary N) is 2. The van der Waals surface area contributed by atoms with Crippen molar-refractivity contribution in [2.75, 3.05) is 0 Å². The van der Waals surface area contributed by atoms with Crippen LogP contribution in [0.4, 0.5) is 4.39 Å². The smallest absolute Gasteiger partial charge is 0.269 e. The van der Waals surface area contributed by atoms with E-state index < -0.39 is 11.4 Å². The van der Waals surface area contributed by atoms with Gasteiger partial charge in [-0.25, -0.2) is 14.8 Å². The molecule has 2 aromatic carbocycles. The van der Waals surface area contributed by atoms with Crippen LogP contribution in [0.15, 0.2) is 64.6 Å². The minimum absolute atomic E-state index is 0. The number of rotatable bonds is 3. The Kier molecular flexibility index (Phi) is 5.79. The van der Waals surface area contributed by atoms with Gasteiger partial charge in [-0.3, -0.25) is 9.59 Å². The van der Waals surface area contributed by atoms with Crippen LogP contribution in [0.2, 0.25) is 0 Å². The van der Waals surface area contributed by atoms with Crippen LogP contribution >= 0.6 is 24.2 Å². The van der Waals surface area contributed by atoms with E-state index >= 15 is 0 Å². The first-order valence-corrected chi connectivity index (χ1v) is 9.42. The summed E-state index contributed by atoms with van der Waals surface area (Å²) in [7, 11) is 0. The molecule has 0 saturated carbocycles. The molecule has 0 aromatic heterocycles. The quantitative estimate of drug-likeness (QED) is 0.776. The van der Waals surface area contributed by atoms with Gasteiger partial charge in [0.15, 0.2) is 5.17 Å². The lowest BCUT2D eigenvalue weighted by atomic mass is 10.1. The van der Waals surface area contributed by atoms with Gasteiger partial charge in [0, 0.05) is 11.1 Å². The third-order valence-electron chi connectivity index (χ3n) is 4.33. The zero-order valence-electron chi connectivity index (χ0n) is 15.6. The fourth-order valence-corrected chi connectivity index (χ4v) is 3.82. The van der Waals surface area contributed by atoms with E-state index in [1.54, 1.807) is 18.9 Å². The van der Waals surface area contributed by atoms with Gasteiger partial charge >= 0.3 is 0 Å². The number of amidine groups is 1. The molecule has 0 spiro atoms. The van der Waals surface area contributed by atoms with E-state index in [0.717, 1.165) is 5.56 Å². The van der Waals surface area contributed by atoms with Crippen molar-refractivity contribution in [1.82, 2.24) is 15.8 Å². The highest BCUT2D eigenvalue weighted by atomic mass is 35.5. The van der Waals surface area contributed by atoms with Crippen LogP contribution < -0.4 is 10.7 Å². The molecule has 0 fully saturated rings. The van der Waals surface area contributed by atoms with Crippen molar-refractivity contribution < 1.29 is 14.0 Å². The second-order valence-electron chi connectivity index (χ2n) is 6.88. The van der Waals surface area contributed by atoms with E-state index in [0.29, 0.717) is 21.5 Å². The maximum absolute atomic E-state index is 13.1. The van der Waals surface area contributed by atoms with Crippen LogP contribution in [0, 0.1) is 5.82 Å². The average Bonchev–Trinajstić information content (AvgIpc) is 2.99. The maximum atomic E-state index is 13.1. The largest absolute Gasteiger partial charge is 0.314 e. The van der Waals surface area contributed by atoms with Crippen molar-refractivity contribution >= 4 is 46.8 Å². The van der Waals surface area contributed by atoms with Crippen LogP contribution in [0.25, 0.3) is 5.70 Å². The second-order valence-corrected chi connectivity index (χ2v) is 7.86. The van der Waals surface area contributed by atoms with Crippen molar-refractivity contribution in [2.24, 2.45) is 4.99 Å². The number of hydrogen-bond acceptors (Lipinski definition) is 5. The molecule has 0 bridgehead atoms. The highest BCUT2D eigenvalue weighted by molar-refractivity contribution is 8.17. The fraction of sp³-hybridized carbons (Fsp3) is 0.150. The Labute approximate surface area is 177 Å². The first-order valence-electron chi connectivity index (χ1n) is 8.61. The number of nitrogens with zero attached hydrogens (tertiary/aromatic N) is 2. The number of carbonyl (C=O) groups is 2. The summed E-state index contributed by atoms with van der Waals surface area (Å²) in [6.45, 7) is 3.50. The third-order valence-corrected chi connectivity index (χ3v) is 5.28. The number of thioether (sulfide) groups is 1. The van der Waals surface area contributed by atoms with E-state index in [9.17, 15) is 14.0 Å². The van der Waals surface area contributed by atoms with Gasteiger partial charge < -0.3 is 5.32 Å². The lowest BCUT2D eigenvalue weighted by molar-refractivity contribution is -0.124. The number of aliphatic imine (C=N–C) groups is 1. The molecule has 2 amide bonds. The minimum Gasteiger partial charge on any atom is -0.314 e. The number of hydrogen-bond donors (Lipinski definition) is 2. The van der Waals surface area contributed by atoms with Crippen molar-refractivity contribution in [3.8, 4) is 0 Å². The SMILES string of the molecule is CC1(C)NN2C(=NC1=O)SC(NC(=O)c1ccc(F)cc1)=C2c1ccccc1.Cl. The fourth-order valence-electron chi connectivity index (χ4n) is 2.83. The first-order chi connectivity index (χ1) is 13.3. The number of carbonyl (C=O) groups excluding carboxylic acids is 2. The predicted octanol–water partition coefficient (Wildman–Crippen LogP) is 3.53. The van der Waals surface area contributed by atoms with E-state index in [2.05, 4.69) is 15.7 Å². The molecule has 6 nitrogen and oxygen atoms in total. The highest BCUT2D eigenvalue weighted by Crippen LogP contribution is 2.40. The maximum Gasteiger partial charge on any atom is 0.269 e. The zero-order valence-corrected chi connectivity index (χ0v) is 17.2. The summed E-state index contributed by atoms with van der Waals surface area (Å²) in [4.78, 5) is 29.1. The first kappa shape index (κ1) is 21.0. The van der Waals surface area contributed by atoms with Gasteiger partial charge in [0.25, 0.3) is 11.8 Å². The molecule has 4 rings (SSSR count). The van der Waals surface area contributed by atoms with E-state index in [4.69, 9.17) is 0 Å². The molecule has 2 N–H and O–H groups in total. The molecule has 150 valence electrons. The van der Waals surface area contributed by atoms with Crippen LogP contribution in [-0.2, 0) is 4.79 Å². The second kappa shape index (κ2) is 7.98. The molecule has 0 aliphatic carbocycles. The topological polar surface area (TPSA) is 73.8 Å². The summed E-state index contributed by atoms with van der Waals surface area (Å²) in [6.07, 6.45) is 0. The highest BCUT2D eigenvalue weighted by Gasteiger charge is 2.42. The number of hydrazine groups is 1. The number of halogens is 2. The predicted molar refractivity (Wildman–Crippen MR) is 114 cm³/mol. The normalized spacial score (nSPS) is 17.4. The molecule has 0 unspecified atom stereocenters. The van der Waals surface area contributed by atoms with Crippen LogP contribution in [0.5, 0.6) is 0 Å². The van der Waals surface area contributed by atoms with Crippen LogP contribution in [0.3, 0.4) is 0 Å². The molecule has 0 atom stereocenters. The standard InChI is InChI=1S/C20H17FN4O2S.ClH/c1-20(2)18(27)23-19-25(24-20)15(12-6-4-3-5-7-12)17(28-19)22-16(26)13-8-10-14(21)11-9-13;/h3-11,24H,1-2H3,(H,22,26);1H. The molecule has 0 saturated heterocycles. The van der Waals surface area contributed by atoms with Gasteiger partial charge in [0.1, 0.15) is 16.4 Å². The number of fused-ring (bicyclic) bond motifs is 1. The average molecular weight is 433 g/mol. The van der Waals surface area contributed by atoms with Crippen molar-refractivity contribution in [2.45, 2.75) is 19.4 Å². The summed E-state index contributed by atoms with van der Waals surface area (Å²) in [6, 6.07) is 14.8. The zero-order chi connectivity index (χ0) is 19.9. The van der Waals surface area contributed by atoms with Crippen molar-refractivity contribution in [1.29, 1.82) is 0 Å². The molecule has 2 aliphatic rings. The molecule has 29 heavy (non-hydrogen) atoms. The van der Waals surface area contributed by atoms with E-state index in [1.807, 2.05) is 30.3 Å². The van der Waals surface area contributed by atoms with Crippen molar-refractivity contribution in [3.05, 3.63) is 76.6 Å². The summed E-state index contributed by atoms with van der Waals surface area (Å²) in [5.74, 6) is -1.07. The Balaban J connectivity index is 0.00000240. The lowest BCUT2D eigenvalue weighted by Gasteiger charge is -2.35. The molecular formula is C20H18ClFN4O2S. The molecule has 9 heteroatoms. The molecule has 2 aromatic rings. The Hall–Kier alpha value is -2.68. The van der Waals surface area contributed by atoms with Gasteiger partial charge in [0.2, 0.25) is 0 Å². The number of benzene rings is 2. The summed E-state index contributed by atoms with van der Waals surface area (Å²) in [5, 5.41) is 5.57. The Morgan fingerprint density at radius 2 is 1.79 bits per heavy atom.